The summed E-state index contributed by atoms with van der Waals surface area (Å²) in [7, 11) is 1.60. The number of thioether (sulfide) groups is 1. The molecule has 9 heteroatoms. The number of nitrogens with zero attached hydrogens (tertiary/aromatic N) is 2. The smallest absolute Gasteiger partial charge is 0.303 e. The van der Waals surface area contributed by atoms with Gasteiger partial charge in [-0.2, -0.15) is 11.3 Å². The molecule has 0 amide bonds. The quantitative estimate of drug-likeness (QED) is 0.287. The third-order valence-corrected chi connectivity index (χ3v) is 9.07. The molecule has 1 fully saturated rings. The molecule has 3 heterocycles. The SMILES string of the molecule is COc1ccc2ncc(Cl)c(C(O)CCC3(CC(=O)O)CCN(CCSc4ccsc4)CC3)c2c1. The first-order valence-corrected chi connectivity index (χ1v) is 14.1. The van der Waals surface area contributed by atoms with Crippen LogP contribution in [0.25, 0.3) is 10.9 Å². The Labute approximate surface area is 219 Å². The molecule has 6 nitrogen and oxygen atoms in total. The van der Waals surface area contributed by atoms with Crippen molar-refractivity contribution in [1.29, 1.82) is 0 Å². The highest BCUT2D eigenvalue weighted by Gasteiger charge is 2.37. The summed E-state index contributed by atoms with van der Waals surface area (Å²) in [5.74, 6) is 0.915. The molecule has 0 bridgehead atoms. The van der Waals surface area contributed by atoms with Gasteiger partial charge in [0.25, 0.3) is 0 Å². The highest BCUT2D eigenvalue weighted by Crippen LogP contribution is 2.43. The zero-order chi connectivity index (χ0) is 24.8. The van der Waals surface area contributed by atoms with E-state index in [4.69, 9.17) is 16.3 Å². The molecule has 2 aromatic heterocycles. The number of likely N-dealkylation sites (tertiary alicyclic amines) is 1. The molecule has 3 aromatic rings. The number of carboxylic acid groups (broad SMARTS) is 1. The maximum Gasteiger partial charge on any atom is 0.303 e. The second kappa shape index (κ2) is 11.9. The van der Waals surface area contributed by atoms with E-state index < -0.39 is 12.1 Å². The number of pyridine rings is 1. The van der Waals surface area contributed by atoms with Gasteiger partial charge in [-0.05, 0) is 73.8 Å². The van der Waals surface area contributed by atoms with Crippen molar-refractivity contribution < 1.29 is 19.7 Å². The molecule has 0 radical (unpaired) electrons. The van der Waals surface area contributed by atoms with E-state index in [2.05, 4.69) is 26.7 Å². The van der Waals surface area contributed by atoms with Crippen LogP contribution in [0, 0.1) is 5.41 Å². The van der Waals surface area contributed by atoms with Gasteiger partial charge in [0.15, 0.2) is 0 Å². The minimum absolute atomic E-state index is 0.121. The van der Waals surface area contributed by atoms with E-state index in [9.17, 15) is 15.0 Å². The molecule has 0 aliphatic carbocycles. The van der Waals surface area contributed by atoms with Gasteiger partial charge >= 0.3 is 5.97 Å². The fraction of sp³-hybridized carbons (Fsp3) is 0.462. The summed E-state index contributed by atoms with van der Waals surface area (Å²) in [5.41, 5.74) is 1.04. The lowest BCUT2D eigenvalue weighted by atomic mass is 9.71. The Hall–Kier alpha value is -1.84. The molecule has 1 atom stereocenters. The van der Waals surface area contributed by atoms with E-state index in [1.54, 1.807) is 24.6 Å². The van der Waals surface area contributed by atoms with Crippen molar-refractivity contribution in [2.24, 2.45) is 5.41 Å². The number of aromatic nitrogens is 1. The third-order valence-electron chi connectivity index (χ3n) is 6.96. The number of carboxylic acids is 1. The Morgan fingerprint density at radius 1 is 1.34 bits per heavy atom. The number of ether oxygens (including phenoxy) is 1. The van der Waals surface area contributed by atoms with Gasteiger partial charge in [-0.25, -0.2) is 0 Å². The second-order valence-electron chi connectivity index (χ2n) is 9.18. The van der Waals surface area contributed by atoms with Crippen molar-refractivity contribution in [3.8, 4) is 5.75 Å². The number of carbonyl (C=O) groups is 1. The monoisotopic (exact) mass is 534 g/mol. The number of aliphatic hydroxyl groups excluding tert-OH is 1. The number of piperidine rings is 1. The molecule has 0 saturated carbocycles. The molecule has 1 aliphatic rings. The highest BCUT2D eigenvalue weighted by atomic mass is 35.5. The number of thiophene rings is 1. The molecule has 4 rings (SSSR count). The van der Waals surface area contributed by atoms with Crippen molar-refractivity contribution in [2.45, 2.75) is 43.1 Å². The van der Waals surface area contributed by atoms with Crippen molar-refractivity contribution in [3.05, 3.63) is 51.8 Å². The predicted octanol–water partition coefficient (Wildman–Crippen LogP) is 6.12. The van der Waals surface area contributed by atoms with Crippen molar-refractivity contribution in [2.75, 3.05) is 32.5 Å². The predicted molar refractivity (Wildman–Crippen MR) is 143 cm³/mol. The Morgan fingerprint density at radius 2 is 2.14 bits per heavy atom. The lowest BCUT2D eigenvalue weighted by Gasteiger charge is -2.41. The van der Waals surface area contributed by atoms with Crippen LogP contribution in [0.2, 0.25) is 5.02 Å². The third kappa shape index (κ3) is 6.68. The van der Waals surface area contributed by atoms with Crippen molar-refractivity contribution in [3.63, 3.8) is 0 Å². The van der Waals surface area contributed by atoms with Crippen LogP contribution in [0.1, 0.15) is 43.8 Å². The number of fused-ring (bicyclic) bond motifs is 1. The summed E-state index contributed by atoms with van der Waals surface area (Å²) in [6.07, 6.45) is 3.57. The summed E-state index contributed by atoms with van der Waals surface area (Å²) < 4.78 is 5.35. The number of benzene rings is 1. The fourth-order valence-corrected chi connectivity index (χ4v) is 7.00. The zero-order valence-corrected chi connectivity index (χ0v) is 22.2. The second-order valence-corrected chi connectivity index (χ2v) is 11.5. The average molecular weight is 535 g/mol. The Morgan fingerprint density at radius 3 is 2.83 bits per heavy atom. The maximum absolute atomic E-state index is 11.8. The van der Waals surface area contributed by atoms with Gasteiger partial charge in [-0.3, -0.25) is 9.78 Å². The number of aliphatic carboxylic acids is 1. The summed E-state index contributed by atoms with van der Waals surface area (Å²) in [6, 6.07) is 7.66. The van der Waals surface area contributed by atoms with Gasteiger partial charge < -0.3 is 19.8 Å². The van der Waals surface area contributed by atoms with Crippen molar-refractivity contribution in [1.82, 2.24) is 9.88 Å². The molecular formula is C26H31ClN2O4S2. The van der Waals surface area contributed by atoms with Gasteiger partial charge in [0.2, 0.25) is 0 Å². The van der Waals surface area contributed by atoms with Gasteiger partial charge in [0.05, 0.1) is 30.2 Å². The molecule has 1 unspecified atom stereocenters. The van der Waals surface area contributed by atoms with E-state index in [0.717, 1.165) is 49.1 Å². The van der Waals surface area contributed by atoms with Crippen molar-refractivity contribution >= 4 is 51.6 Å². The number of hydrogen-bond donors (Lipinski definition) is 2. The Bertz CT molecular complexity index is 1130. The van der Waals surface area contributed by atoms with Crippen LogP contribution in [0.15, 0.2) is 46.1 Å². The largest absolute Gasteiger partial charge is 0.497 e. The summed E-state index contributed by atoms with van der Waals surface area (Å²) in [4.78, 5) is 19.9. The van der Waals surface area contributed by atoms with Crippen LogP contribution in [0.3, 0.4) is 0 Å². The first-order chi connectivity index (χ1) is 16.9. The standard InChI is InChI=1S/C26H31ClN2O4S2/c1-33-18-2-3-22-20(14-18)25(21(27)16-28-22)23(30)4-6-26(15-24(31)32)7-9-29(10-8-26)11-13-35-19-5-12-34-17-19/h2-3,5,12,14,16-17,23,30H,4,6-11,13,15H2,1H3,(H,31,32). The molecule has 1 aromatic carbocycles. The molecular weight excluding hydrogens is 504 g/mol. The van der Waals surface area contributed by atoms with Crippen LogP contribution in [-0.2, 0) is 4.79 Å². The van der Waals surface area contributed by atoms with E-state index in [1.807, 2.05) is 30.0 Å². The zero-order valence-electron chi connectivity index (χ0n) is 19.8. The topological polar surface area (TPSA) is 82.9 Å². The number of hydrogen-bond acceptors (Lipinski definition) is 7. The Balaban J connectivity index is 1.40. The van der Waals surface area contributed by atoms with Gasteiger partial charge in [0.1, 0.15) is 5.75 Å². The van der Waals surface area contributed by atoms with E-state index in [-0.39, 0.29) is 11.8 Å². The molecule has 2 N–H and O–H groups in total. The molecule has 188 valence electrons. The van der Waals surface area contributed by atoms with E-state index in [0.29, 0.717) is 29.2 Å². The Kier molecular flexibility index (Phi) is 8.94. The van der Waals surface area contributed by atoms with Crippen LogP contribution in [-0.4, -0.2) is 58.6 Å². The highest BCUT2D eigenvalue weighted by molar-refractivity contribution is 7.99. The van der Waals surface area contributed by atoms with Crippen LogP contribution in [0.4, 0.5) is 0 Å². The lowest BCUT2D eigenvalue weighted by molar-refractivity contribution is -0.141. The minimum atomic E-state index is -0.814. The number of methoxy groups -OCH3 is 1. The maximum atomic E-state index is 11.8. The summed E-state index contributed by atoms with van der Waals surface area (Å²) in [6.45, 7) is 2.75. The fourth-order valence-electron chi connectivity index (χ4n) is 4.93. The molecule has 35 heavy (non-hydrogen) atoms. The number of halogens is 1. The first-order valence-electron chi connectivity index (χ1n) is 11.8. The minimum Gasteiger partial charge on any atom is -0.497 e. The number of aliphatic hydroxyl groups is 1. The number of rotatable bonds is 11. The molecule has 1 aliphatic heterocycles. The van der Waals surface area contributed by atoms with Gasteiger partial charge in [-0.15, -0.1) is 11.8 Å². The van der Waals surface area contributed by atoms with Crippen LogP contribution < -0.4 is 4.74 Å². The lowest BCUT2D eigenvalue weighted by Crippen LogP contribution is -2.42. The van der Waals surface area contributed by atoms with E-state index in [1.165, 1.54) is 4.90 Å². The van der Waals surface area contributed by atoms with E-state index >= 15 is 0 Å². The van der Waals surface area contributed by atoms with Crippen LogP contribution in [0.5, 0.6) is 5.75 Å². The molecule has 1 saturated heterocycles. The van der Waals surface area contributed by atoms with Gasteiger partial charge in [-0.1, -0.05) is 11.6 Å². The average Bonchev–Trinajstić information content (AvgIpc) is 3.36. The summed E-state index contributed by atoms with van der Waals surface area (Å²) >= 11 is 10.0. The summed E-state index contributed by atoms with van der Waals surface area (Å²) in [5, 5.41) is 26.3. The van der Waals surface area contributed by atoms with Gasteiger partial charge in [0, 0.05) is 39.7 Å². The first kappa shape index (κ1) is 26.2. The molecule has 0 spiro atoms. The normalized spacial score (nSPS) is 16.9. The van der Waals surface area contributed by atoms with Crippen LogP contribution >= 0.6 is 34.7 Å².